The molecule has 5 nitrogen and oxygen atoms in total. The number of carbonyl (C=O) groups excluding carboxylic acids is 1. The van der Waals surface area contributed by atoms with Crippen molar-refractivity contribution in [3.63, 3.8) is 0 Å². The lowest BCUT2D eigenvalue weighted by Gasteiger charge is -2.10. The number of phenolic OH excluding ortho intramolecular Hbond substituents is 1. The van der Waals surface area contributed by atoms with Gasteiger partial charge in [-0.2, -0.15) is 0 Å². The largest absolute Gasteiger partial charge is 0.507 e. The highest BCUT2D eigenvalue weighted by Crippen LogP contribution is 2.25. The number of aromatic hydroxyl groups is 1. The van der Waals surface area contributed by atoms with Gasteiger partial charge in [-0.1, -0.05) is 15.9 Å². The first-order valence-electron chi connectivity index (χ1n) is 5.71. The van der Waals surface area contributed by atoms with E-state index < -0.39 is 11.9 Å². The number of anilines is 1. The maximum absolute atomic E-state index is 12.1. The summed E-state index contributed by atoms with van der Waals surface area (Å²) in [4.78, 5) is 23.3. The van der Waals surface area contributed by atoms with E-state index in [1.807, 2.05) is 22.6 Å². The van der Waals surface area contributed by atoms with Crippen LogP contribution in [0.1, 0.15) is 20.7 Å². The third-order valence-corrected chi connectivity index (χ3v) is 3.83. The first kappa shape index (κ1) is 15.8. The Bertz CT molecular complexity index is 733. The minimum Gasteiger partial charge on any atom is -0.507 e. The van der Waals surface area contributed by atoms with Crippen molar-refractivity contribution < 1.29 is 19.8 Å². The van der Waals surface area contributed by atoms with Crippen LogP contribution < -0.4 is 5.32 Å². The van der Waals surface area contributed by atoms with Gasteiger partial charge in [-0.25, -0.2) is 4.79 Å². The minimum absolute atomic E-state index is 0.00754. The summed E-state index contributed by atoms with van der Waals surface area (Å²) >= 11 is 5.17. The molecule has 0 aliphatic carbocycles. The molecule has 0 saturated heterocycles. The Morgan fingerprint density at radius 1 is 1.10 bits per heavy atom. The van der Waals surface area contributed by atoms with Crippen LogP contribution in [-0.4, -0.2) is 22.1 Å². The van der Waals surface area contributed by atoms with E-state index in [1.54, 1.807) is 12.1 Å². The van der Waals surface area contributed by atoms with E-state index in [0.717, 1.165) is 3.57 Å². The number of halogens is 2. The molecule has 0 fully saturated rings. The topological polar surface area (TPSA) is 86.6 Å². The molecule has 0 bridgehead atoms. The number of carboxylic acids is 1. The monoisotopic (exact) mass is 461 g/mol. The van der Waals surface area contributed by atoms with Gasteiger partial charge in [-0.05, 0) is 59.0 Å². The lowest BCUT2D eigenvalue weighted by Crippen LogP contribution is -2.15. The van der Waals surface area contributed by atoms with E-state index in [1.165, 1.54) is 24.3 Å². The normalized spacial score (nSPS) is 10.2. The Kier molecular flexibility index (Phi) is 4.84. The zero-order valence-corrected chi connectivity index (χ0v) is 14.2. The van der Waals surface area contributed by atoms with Crippen molar-refractivity contribution in [3.8, 4) is 5.75 Å². The number of hydrogen-bond acceptors (Lipinski definition) is 3. The molecule has 0 heterocycles. The maximum atomic E-state index is 12.1. The Hall–Kier alpha value is -1.61. The van der Waals surface area contributed by atoms with Crippen LogP contribution in [0.25, 0.3) is 0 Å². The lowest BCUT2D eigenvalue weighted by molar-refractivity contribution is 0.0698. The Balaban J connectivity index is 2.34. The Morgan fingerprint density at radius 3 is 2.43 bits per heavy atom. The van der Waals surface area contributed by atoms with Gasteiger partial charge < -0.3 is 15.5 Å². The zero-order chi connectivity index (χ0) is 15.6. The summed E-state index contributed by atoms with van der Waals surface area (Å²) in [6.07, 6.45) is 0. The van der Waals surface area contributed by atoms with Crippen molar-refractivity contribution in [2.75, 3.05) is 5.32 Å². The van der Waals surface area contributed by atoms with Gasteiger partial charge in [-0.3, -0.25) is 4.79 Å². The van der Waals surface area contributed by atoms with Crippen LogP contribution >= 0.6 is 38.5 Å². The number of aromatic carboxylic acids is 1. The summed E-state index contributed by atoms with van der Waals surface area (Å²) in [5, 5.41) is 21.4. The molecule has 0 saturated carbocycles. The molecule has 0 radical (unpaired) electrons. The van der Waals surface area contributed by atoms with E-state index in [9.17, 15) is 14.7 Å². The second kappa shape index (κ2) is 6.44. The van der Waals surface area contributed by atoms with Crippen molar-refractivity contribution in [1.29, 1.82) is 0 Å². The van der Waals surface area contributed by atoms with Gasteiger partial charge in [0.25, 0.3) is 5.91 Å². The fraction of sp³-hybridized carbons (Fsp3) is 0. The second-order valence-electron chi connectivity index (χ2n) is 4.11. The van der Waals surface area contributed by atoms with Gasteiger partial charge in [0.1, 0.15) is 5.75 Å². The van der Waals surface area contributed by atoms with Gasteiger partial charge in [0.05, 0.1) is 16.8 Å². The van der Waals surface area contributed by atoms with Crippen LogP contribution in [0.4, 0.5) is 5.69 Å². The number of rotatable bonds is 3. The van der Waals surface area contributed by atoms with E-state index in [0.29, 0.717) is 4.47 Å². The molecule has 0 atom stereocenters. The fourth-order valence-corrected chi connectivity index (χ4v) is 2.53. The summed E-state index contributed by atoms with van der Waals surface area (Å²) in [5.74, 6) is -1.91. The van der Waals surface area contributed by atoms with Crippen LogP contribution in [0.5, 0.6) is 5.75 Å². The SMILES string of the molecule is O=C(Nc1ccc(I)cc1C(=O)O)c1ccc(Br)cc1O. The highest BCUT2D eigenvalue weighted by Gasteiger charge is 2.16. The molecule has 21 heavy (non-hydrogen) atoms. The summed E-state index contributed by atoms with van der Waals surface area (Å²) in [5.41, 5.74) is 0.232. The van der Waals surface area contributed by atoms with Crippen molar-refractivity contribution in [2.24, 2.45) is 0 Å². The lowest BCUT2D eigenvalue weighted by atomic mass is 10.1. The minimum atomic E-state index is -1.14. The van der Waals surface area contributed by atoms with Crippen molar-refractivity contribution in [2.45, 2.75) is 0 Å². The first-order chi connectivity index (χ1) is 9.88. The average Bonchev–Trinajstić information content (AvgIpc) is 2.40. The van der Waals surface area contributed by atoms with Crippen LogP contribution in [0.3, 0.4) is 0 Å². The second-order valence-corrected chi connectivity index (χ2v) is 6.27. The highest BCUT2D eigenvalue weighted by molar-refractivity contribution is 14.1. The van der Waals surface area contributed by atoms with Gasteiger partial charge >= 0.3 is 5.97 Å². The molecule has 3 N–H and O–H groups in total. The quantitative estimate of drug-likeness (QED) is 0.608. The molecule has 2 rings (SSSR count). The van der Waals surface area contributed by atoms with Gasteiger partial charge in [0.15, 0.2) is 0 Å². The van der Waals surface area contributed by atoms with Gasteiger partial charge in [0, 0.05) is 8.04 Å². The number of benzene rings is 2. The average molecular weight is 462 g/mol. The molecule has 0 aliphatic rings. The summed E-state index contributed by atoms with van der Waals surface area (Å²) in [6.45, 7) is 0. The molecule has 0 spiro atoms. The van der Waals surface area contributed by atoms with Crippen LogP contribution in [-0.2, 0) is 0 Å². The number of carboxylic acid groups (broad SMARTS) is 1. The number of carbonyl (C=O) groups is 2. The standard InChI is InChI=1S/C14H9BrINO4/c15-7-1-3-9(12(18)5-7)13(19)17-11-4-2-8(16)6-10(11)14(20)21/h1-6,18H,(H,17,19)(H,20,21). The molecule has 0 unspecified atom stereocenters. The van der Waals surface area contributed by atoms with Crippen molar-refractivity contribution in [3.05, 3.63) is 55.6 Å². The first-order valence-corrected chi connectivity index (χ1v) is 7.58. The summed E-state index contributed by atoms with van der Waals surface area (Å²) in [6, 6.07) is 9.10. The predicted octanol–water partition coefficient (Wildman–Crippen LogP) is 3.71. The zero-order valence-electron chi connectivity index (χ0n) is 10.4. The van der Waals surface area contributed by atoms with Crippen molar-refractivity contribution >= 4 is 56.1 Å². The Labute approximate surface area is 142 Å². The predicted molar refractivity (Wildman–Crippen MR) is 89.9 cm³/mol. The summed E-state index contributed by atoms with van der Waals surface area (Å²) in [7, 11) is 0. The van der Waals surface area contributed by atoms with E-state index in [-0.39, 0.29) is 22.6 Å². The number of phenols is 1. The number of amides is 1. The van der Waals surface area contributed by atoms with E-state index in [2.05, 4.69) is 21.2 Å². The molecule has 2 aromatic rings. The number of hydrogen-bond donors (Lipinski definition) is 3. The molecule has 7 heteroatoms. The van der Waals surface area contributed by atoms with Crippen LogP contribution in [0, 0.1) is 3.57 Å². The molecule has 108 valence electrons. The van der Waals surface area contributed by atoms with Crippen LogP contribution in [0.2, 0.25) is 0 Å². The fourth-order valence-electron chi connectivity index (χ4n) is 1.69. The Morgan fingerprint density at radius 2 is 1.81 bits per heavy atom. The third-order valence-electron chi connectivity index (χ3n) is 2.66. The summed E-state index contributed by atoms with van der Waals surface area (Å²) < 4.78 is 1.38. The van der Waals surface area contributed by atoms with Gasteiger partial charge in [0.2, 0.25) is 0 Å². The molecule has 2 aromatic carbocycles. The highest BCUT2D eigenvalue weighted by atomic mass is 127. The maximum Gasteiger partial charge on any atom is 0.337 e. The molecular weight excluding hydrogens is 453 g/mol. The molecule has 0 aliphatic heterocycles. The molecule has 0 aromatic heterocycles. The van der Waals surface area contributed by atoms with Crippen molar-refractivity contribution in [1.82, 2.24) is 0 Å². The van der Waals surface area contributed by atoms with E-state index >= 15 is 0 Å². The van der Waals surface area contributed by atoms with E-state index in [4.69, 9.17) is 5.11 Å². The van der Waals surface area contributed by atoms with Crippen LogP contribution in [0.15, 0.2) is 40.9 Å². The van der Waals surface area contributed by atoms with Gasteiger partial charge in [-0.15, -0.1) is 0 Å². The third kappa shape index (κ3) is 3.73. The molecule has 1 amide bonds. The smallest absolute Gasteiger partial charge is 0.337 e. The molecular formula is C14H9BrINO4. The number of nitrogens with one attached hydrogen (secondary N) is 1.